The molecule has 2 N–H and O–H groups in total. The third kappa shape index (κ3) is 8.04. The Balaban J connectivity index is 1.87. The van der Waals surface area contributed by atoms with E-state index in [0.29, 0.717) is 30.6 Å². The third-order valence-corrected chi connectivity index (χ3v) is 3.86. The quantitative estimate of drug-likeness (QED) is 0.367. The molecular formula is C22H27N3O4. The average Bonchev–Trinajstić information content (AvgIpc) is 2.71. The van der Waals surface area contributed by atoms with Crippen molar-refractivity contribution in [1.82, 2.24) is 10.7 Å². The largest absolute Gasteiger partial charge is 0.493 e. The van der Waals surface area contributed by atoms with Gasteiger partial charge in [-0.15, -0.1) is 0 Å². The van der Waals surface area contributed by atoms with Crippen molar-refractivity contribution in [3.8, 4) is 11.5 Å². The first kappa shape index (κ1) is 21.9. The van der Waals surface area contributed by atoms with E-state index in [1.54, 1.807) is 25.3 Å². The Bertz CT molecular complexity index is 835. The lowest BCUT2D eigenvalue weighted by atomic mass is 10.2. The summed E-state index contributed by atoms with van der Waals surface area (Å²) in [6.07, 6.45) is 1.22. The SMILES string of the molecule is COc1cc(/C=N/NC(=O)CC(=O)NCC(C)C)ccc1OCc1ccccc1. The molecule has 2 amide bonds. The predicted molar refractivity (Wildman–Crippen MR) is 112 cm³/mol. The minimum Gasteiger partial charge on any atom is -0.493 e. The normalized spacial score (nSPS) is 10.8. The highest BCUT2D eigenvalue weighted by Gasteiger charge is 2.09. The van der Waals surface area contributed by atoms with Crippen LogP contribution in [0.25, 0.3) is 0 Å². The summed E-state index contributed by atoms with van der Waals surface area (Å²) in [6, 6.07) is 15.2. The molecule has 0 bridgehead atoms. The Morgan fingerprint density at radius 3 is 2.52 bits per heavy atom. The van der Waals surface area contributed by atoms with Gasteiger partial charge in [-0.1, -0.05) is 44.2 Å². The van der Waals surface area contributed by atoms with Crippen LogP contribution in [0.2, 0.25) is 0 Å². The lowest BCUT2D eigenvalue weighted by Gasteiger charge is -2.11. The maximum Gasteiger partial charge on any atom is 0.249 e. The maximum absolute atomic E-state index is 11.8. The van der Waals surface area contributed by atoms with E-state index in [4.69, 9.17) is 9.47 Å². The summed E-state index contributed by atoms with van der Waals surface area (Å²) in [7, 11) is 1.56. The minimum atomic E-state index is -0.475. The molecule has 0 radical (unpaired) electrons. The number of hydrogen-bond donors (Lipinski definition) is 2. The van der Waals surface area contributed by atoms with Crippen LogP contribution in [0.1, 0.15) is 31.4 Å². The van der Waals surface area contributed by atoms with Crippen molar-refractivity contribution in [3.63, 3.8) is 0 Å². The van der Waals surface area contributed by atoms with Crippen LogP contribution in [0.3, 0.4) is 0 Å². The molecule has 2 rings (SSSR count). The Kier molecular flexibility index (Phi) is 8.69. The Labute approximate surface area is 171 Å². The van der Waals surface area contributed by atoms with Crippen molar-refractivity contribution in [3.05, 3.63) is 59.7 Å². The van der Waals surface area contributed by atoms with Crippen LogP contribution < -0.4 is 20.2 Å². The van der Waals surface area contributed by atoms with Crippen LogP contribution in [0.4, 0.5) is 0 Å². The van der Waals surface area contributed by atoms with E-state index in [2.05, 4.69) is 15.8 Å². The molecule has 7 heteroatoms. The van der Waals surface area contributed by atoms with Crippen molar-refractivity contribution in [2.75, 3.05) is 13.7 Å². The molecule has 2 aromatic rings. The summed E-state index contributed by atoms with van der Waals surface area (Å²) in [5.41, 5.74) is 4.12. The first-order valence-electron chi connectivity index (χ1n) is 9.41. The van der Waals surface area contributed by atoms with Crippen LogP contribution in [0, 0.1) is 5.92 Å². The molecule has 0 aliphatic rings. The van der Waals surface area contributed by atoms with Gasteiger partial charge in [0.1, 0.15) is 13.0 Å². The van der Waals surface area contributed by atoms with Gasteiger partial charge in [0.2, 0.25) is 11.8 Å². The van der Waals surface area contributed by atoms with Gasteiger partial charge in [0, 0.05) is 6.54 Å². The smallest absolute Gasteiger partial charge is 0.249 e. The van der Waals surface area contributed by atoms with E-state index in [-0.39, 0.29) is 12.3 Å². The van der Waals surface area contributed by atoms with Gasteiger partial charge in [-0.2, -0.15) is 5.10 Å². The molecule has 0 atom stereocenters. The number of nitrogens with one attached hydrogen (secondary N) is 2. The molecule has 2 aromatic carbocycles. The number of carbonyl (C=O) groups excluding carboxylic acids is 2. The second-order valence-corrected chi connectivity index (χ2v) is 6.85. The topological polar surface area (TPSA) is 89.0 Å². The van der Waals surface area contributed by atoms with Gasteiger partial charge in [-0.05, 0) is 35.2 Å². The van der Waals surface area contributed by atoms with Crippen molar-refractivity contribution < 1.29 is 19.1 Å². The van der Waals surface area contributed by atoms with Crippen LogP contribution in [0.15, 0.2) is 53.6 Å². The molecule has 0 spiro atoms. The van der Waals surface area contributed by atoms with E-state index >= 15 is 0 Å². The van der Waals surface area contributed by atoms with Gasteiger partial charge >= 0.3 is 0 Å². The summed E-state index contributed by atoms with van der Waals surface area (Å²) in [5.74, 6) is 0.698. The van der Waals surface area contributed by atoms with E-state index in [9.17, 15) is 9.59 Å². The van der Waals surface area contributed by atoms with Crippen molar-refractivity contribution in [2.24, 2.45) is 11.0 Å². The number of amides is 2. The highest BCUT2D eigenvalue weighted by Crippen LogP contribution is 2.28. The highest BCUT2D eigenvalue weighted by atomic mass is 16.5. The number of hydrogen-bond acceptors (Lipinski definition) is 5. The van der Waals surface area contributed by atoms with Gasteiger partial charge in [-0.25, -0.2) is 5.43 Å². The monoisotopic (exact) mass is 397 g/mol. The number of rotatable bonds is 10. The fourth-order valence-electron chi connectivity index (χ4n) is 2.36. The summed E-state index contributed by atoms with van der Waals surface area (Å²) in [5, 5.41) is 6.57. The van der Waals surface area contributed by atoms with E-state index in [1.807, 2.05) is 44.2 Å². The predicted octanol–water partition coefficient (Wildman–Crippen LogP) is 2.89. The Morgan fingerprint density at radius 1 is 1.07 bits per heavy atom. The van der Waals surface area contributed by atoms with Crippen molar-refractivity contribution >= 4 is 18.0 Å². The van der Waals surface area contributed by atoms with Gasteiger partial charge < -0.3 is 14.8 Å². The van der Waals surface area contributed by atoms with Crippen molar-refractivity contribution in [2.45, 2.75) is 26.9 Å². The number of ether oxygens (including phenoxy) is 2. The molecular weight excluding hydrogens is 370 g/mol. The zero-order valence-corrected chi connectivity index (χ0v) is 17.0. The fraction of sp³-hybridized carbons (Fsp3) is 0.318. The molecule has 0 aliphatic carbocycles. The molecule has 154 valence electrons. The standard InChI is InChI=1S/C22H27N3O4/c1-16(2)13-23-21(26)12-22(27)25-24-14-18-9-10-19(20(11-18)28-3)29-15-17-7-5-4-6-8-17/h4-11,14,16H,12-13,15H2,1-3H3,(H,23,26)(H,25,27)/b24-14+. The molecule has 0 unspecified atom stereocenters. The van der Waals surface area contributed by atoms with Gasteiger partial charge in [0.25, 0.3) is 0 Å². The van der Waals surface area contributed by atoms with E-state index in [1.165, 1.54) is 6.21 Å². The highest BCUT2D eigenvalue weighted by molar-refractivity contribution is 5.97. The molecule has 0 fully saturated rings. The second-order valence-electron chi connectivity index (χ2n) is 6.85. The maximum atomic E-state index is 11.8. The molecule has 0 saturated carbocycles. The molecule has 0 heterocycles. The average molecular weight is 397 g/mol. The number of carbonyl (C=O) groups is 2. The molecule has 0 saturated heterocycles. The van der Waals surface area contributed by atoms with E-state index in [0.717, 1.165) is 11.1 Å². The first-order valence-corrected chi connectivity index (χ1v) is 9.41. The minimum absolute atomic E-state index is 0.264. The second kappa shape index (κ2) is 11.5. The zero-order chi connectivity index (χ0) is 21.1. The number of methoxy groups -OCH3 is 1. The summed E-state index contributed by atoms with van der Waals surface area (Å²) < 4.78 is 11.2. The molecule has 29 heavy (non-hydrogen) atoms. The number of benzene rings is 2. The van der Waals surface area contributed by atoms with Crippen molar-refractivity contribution in [1.29, 1.82) is 0 Å². The lowest BCUT2D eigenvalue weighted by molar-refractivity contribution is -0.129. The van der Waals surface area contributed by atoms with Gasteiger partial charge in [-0.3, -0.25) is 9.59 Å². The Morgan fingerprint density at radius 2 is 1.83 bits per heavy atom. The van der Waals surface area contributed by atoms with Crippen LogP contribution in [-0.2, 0) is 16.2 Å². The van der Waals surface area contributed by atoms with Crippen LogP contribution >= 0.6 is 0 Å². The summed E-state index contributed by atoms with van der Waals surface area (Å²) in [4.78, 5) is 23.4. The van der Waals surface area contributed by atoms with Gasteiger partial charge in [0.15, 0.2) is 11.5 Å². The molecule has 7 nitrogen and oxygen atoms in total. The Hall–Kier alpha value is -3.35. The summed E-state index contributed by atoms with van der Waals surface area (Å²) in [6.45, 7) is 4.93. The van der Waals surface area contributed by atoms with Crippen LogP contribution in [-0.4, -0.2) is 31.7 Å². The fourth-order valence-corrected chi connectivity index (χ4v) is 2.36. The number of hydrazone groups is 1. The first-order chi connectivity index (χ1) is 14.0. The third-order valence-electron chi connectivity index (χ3n) is 3.86. The summed E-state index contributed by atoms with van der Waals surface area (Å²) >= 11 is 0. The van der Waals surface area contributed by atoms with Crippen LogP contribution in [0.5, 0.6) is 11.5 Å². The van der Waals surface area contributed by atoms with E-state index < -0.39 is 5.91 Å². The zero-order valence-electron chi connectivity index (χ0n) is 17.0. The lowest BCUT2D eigenvalue weighted by Crippen LogP contribution is -2.32. The molecule has 0 aromatic heterocycles. The van der Waals surface area contributed by atoms with Gasteiger partial charge in [0.05, 0.1) is 13.3 Å². The molecule has 0 aliphatic heterocycles. The number of nitrogens with zero attached hydrogens (tertiary/aromatic N) is 1.